The maximum atomic E-state index is 11.5. The van der Waals surface area contributed by atoms with Crippen LogP contribution in [0.4, 0.5) is 0 Å². The number of carboxylic acids is 1. The van der Waals surface area contributed by atoms with Crippen molar-refractivity contribution in [3.05, 3.63) is 0 Å². The Bertz CT molecular complexity index is 460. The molecule has 0 heterocycles. The summed E-state index contributed by atoms with van der Waals surface area (Å²) < 4.78 is 40.9. The Morgan fingerprint density at radius 2 is 1.54 bits per heavy atom. The molecule has 0 saturated carbocycles. The van der Waals surface area contributed by atoms with E-state index in [0.717, 1.165) is 12.8 Å². The number of ether oxygens (including phenoxy) is 2. The molecule has 0 aromatic carbocycles. The van der Waals surface area contributed by atoms with Gasteiger partial charge >= 0.3 is 11.9 Å². The lowest BCUT2D eigenvalue weighted by Crippen LogP contribution is -2.34. The summed E-state index contributed by atoms with van der Waals surface area (Å²) >= 11 is 0. The van der Waals surface area contributed by atoms with Crippen LogP contribution in [0.3, 0.4) is 0 Å². The van der Waals surface area contributed by atoms with Crippen LogP contribution < -0.4 is 0 Å². The van der Waals surface area contributed by atoms with Crippen LogP contribution in [0.5, 0.6) is 0 Å². The first-order chi connectivity index (χ1) is 11.3. The van der Waals surface area contributed by atoms with Gasteiger partial charge in [-0.3, -0.25) is 14.1 Å². The average molecular weight is 368 g/mol. The van der Waals surface area contributed by atoms with Crippen LogP contribution >= 0.6 is 0 Å². The van der Waals surface area contributed by atoms with Gasteiger partial charge in [0.15, 0.2) is 5.25 Å². The molecule has 0 rings (SSSR count). The number of hydrogen-bond acceptors (Lipinski definition) is 6. The average Bonchev–Trinajstić information content (AvgIpc) is 2.48. The van der Waals surface area contributed by atoms with Crippen molar-refractivity contribution in [1.29, 1.82) is 0 Å². The van der Waals surface area contributed by atoms with Crippen LogP contribution in [0.25, 0.3) is 0 Å². The third kappa shape index (κ3) is 12.3. The standard InChI is InChI=1S/C15H28O8S/c1-2-3-4-5-6-7-9-22-10-8-11-23-15(18)13(12-14(16)17)24(19,20)21/h13H,2-12H2,1H3,(H,16,17)(H,19,20,21). The number of aliphatic carboxylic acids is 1. The minimum atomic E-state index is -4.81. The van der Waals surface area contributed by atoms with Crippen molar-refractivity contribution < 1.29 is 37.1 Å². The zero-order chi connectivity index (χ0) is 18.4. The highest BCUT2D eigenvalue weighted by atomic mass is 32.2. The second-order valence-corrected chi connectivity index (χ2v) is 7.10. The van der Waals surface area contributed by atoms with E-state index in [9.17, 15) is 18.0 Å². The highest BCUT2D eigenvalue weighted by Crippen LogP contribution is 2.08. The molecule has 0 saturated heterocycles. The third-order valence-corrected chi connectivity index (χ3v) is 4.38. The lowest BCUT2D eigenvalue weighted by Gasteiger charge is -2.11. The van der Waals surface area contributed by atoms with Crippen LogP contribution in [0.2, 0.25) is 0 Å². The van der Waals surface area contributed by atoms with Crippen LogP contribution in [0, 0.1) is 0 Å². The molecule has 0 radical (unpaired) electrons. The molecule has 0 spiro atoms. The van der Waals surface area contributed by atoms with Gasteiger partial charge < -0.3 is 14.6 Å². The first kappa shape index (κ1) is 22.8. The monoisotopic (exact) mass is 368 g/mol. The number of hydrogen-bond donors (Lipinski definition) is 2. The van der Waals surface area contributed by atoms with Gasteiger partial charge in [0.2, 0.25) is 0 Å². The summed E-state index contributed by atoms with van der Waals surface area (Å²) in [6.07, 6.45) is 6.29. The van der Waals surface area contributed by atoms with E-state index in [1.807, 2.05) is 0 Å². The fourth-order valence-corrected chi connectivity index (χ4v) is 2.65. The normalized spacial score (nSPS) is 12.8. The van der Waals surface area contributed by atoms with Gasteiger partial charge in [0.1, 0.15) is 0 Å². The first-order valence-electron chi connectivity index (χ1n) is 8.21. The molecule has 0 amide bonds. The number of unbranched alkanes of at least 4 members (excludes halogenated alkanes) is 5. The summed E-state index contributed by atoms with van der Waals surface area (Å²) in [6, 6.07) is 0. The largest absolute Gasteiger partial charge is 0.481 e. The van der Waals surface area contributed by atoms with Gasteiger partial charge in [0.05, 0.1) is 13.0 Å². The van der Waals surface area contributed by atoms with Gasteiger partial charge in [0.25, 0.3) is 10.1 Å². The van der Waals surface area contributed by atoms with Crippen LogP contribution in [-0.4, -0.2) is 55.1 Å². The highest BCUT2D eigenvalue weighted by Gasteiger charge is 2.34. The van der Waals surface area contributed by atoms with Gasteiger partial charge in [-0.1, -0.05) is 39.0 Å². The molecule has 0 aliphatic carbocycles. The highest BCUT2D eigenvalue weighted by molar-refractivity contribution is 7.87. The predicted molar refractivity (Wildman–Crippen MR) is 87.4 cm³/mol. The van der Waals surface area contributed by atoms with E-state index in [2.05, 4.69) is 11.7 Å². The molecule has 8 nitrogen and oxygen atoms in total. The Balaban J connectivity index is 3.75. The van der Waals surface area contributed by atoms with Crippen molar-refractivity contribution >= 4 is 22.1 Å². The zero-order valence-corrected chi connectivity index (χ0v) is 14.9. The number of rotatable bonds is 15. The van der Waals surface area contributed by atoms with Gasteiger partial charge in [-0.15, -0.1) is 0 Å². The Hall–Kier alpha value is -1.19. The topological polar surface area (TPSA) is 127 Å². The van der Waals surface area contributed by atoms with Crippen molar-refractivity contribution in [2.24, 2.45) is 0 Å². The first-order valence-corrected chi connectivity index (χ1v) is 9.71. The SMILES string of the molecule is CCCCCCCCOCCCOC(=O)C(CC(=O)O)S(=O)(=O)O. The minimum absolute atomic E-state index is 0.0963. The molecule has 0 aliphatic rings. The molecule has 0 aliphatic heterocycles. The summed E-state index contributed by atoms with van der Waals surface area (Å²) in [5, 5.41) is 6.45. The Morgan fingerprint density at radius 1 is 0.958 bits per heavy atom. The lowest BCUT2D eigenvalue weighted by molar-refractivity contribution is -0.147. The fraction of sp³-hybridized carbons (Fsp3) is 0.867. The fourth-order valence-electron chi connectivity index (χ4n) is 1.98. The van der Waals surface area contributed by atoms with E-state index in [1.54, 1.807) is 0 Å². The Labute approximate surface area is 143 Å². The molecule has 24 heavy (non-hydrogen) atoms. The maximum Gasteiger partial charge on any atom is 0.327 e. The molecule has 0 bridgehead atoms. The van der Waals surface area contributed by atoms with E-state index >= 15 is 0 Å². The predicted octanol–water partition coefficient (Wildman–Crippen LogP) is 2.03. The quantitative estimate of drug-likeness (QED) is 0.255. The smallest absolute Gasteiger partial charge is 0.327 e. The van der Waals surface area contributed by atoms with Gasteiger partial charge in [-0.05, 0) is 6.42 Å². The molecular weight excluding hydrogens is 340 g/mol. The number of carboxylic acid groups (broad SMARTS) is 1. The summed E-state index contributed by atoms with van der Waals surface area (Å²) in [5.41, 5.74) is 0. The van der Waals surface area contributed by atoms with Crippen molar-refractivity contribution in [1.82, 2.24) is 0 Å². The number of carbonyl (C=O) groups is 2. The van der Waals surface area contributed by atoms with Crippen LogP contribution in [0.15, 0.2) is 0 Å². The molecule has 1 atom stereocenters. The molecule has 9 heteroatoms. The zero-order valence-electron chi connectivity index (χ0n) is 14.1. The van der Waals surface area contributed by atoms with Crippen molar-refractivity contribution in [3.8, 4) is 0 Å². The molecule has 1 unspecified atom stereocenters. The molecule has 0 aromatic heterocycles. The van der Waals surface area contributed by atoms with Crippen molar-refractivity contribution in [3.63, 3.8) is 0 Å². The summed E-state index contributed by atoms with van der Waals surface area (Å²) in [6.45, 7) is 3.04. The van der Waals surface area contributed by atoms with E-state index in [1.165, 1.54) is 25.7 Å². The molecule has 142 valence electrons. The van der Waals surface area contributed by atoms with Gasteiger partial charge in [-0.25, -0.2) is 0 Å². The minimum Gasteiger partial charge on any atom is -0.481 e. The summed E-state index contributed by atoms with van der Waals surface area (Å²) in [5.74, 6) is -2.78. The molecule has 2 N–H and O–H groups in total. The second kappa shape index (κ2) is 13.1. The van der Waals surface area contributed by atoms with Crippen molar-refractivity contribution in [2.45, 2.75) is 63.5 Å². The molecule has 0 aromatic rings. The van der Waals surface area contributed by atoms with Gasteiger partial charge in [0, 0.05) is 19.6 Å². The van der Waals surface area contributed by atoms with Gasteiger partial charge in [-0.2, -0.15) is 8.42 Å². The molecule has 0 fully saturated rings. The van der Waals surface area contributed by atoms with E-state index in [-0.39, 0.29) is 6.61 Å². The van der Waals surface area contributed by atoms with Crippen molar-refractivity contribution in [2.75, 3.05) is 19.8 Å². The van der Waals surface area contributed by atoms with E-state index < -0.39 is 33.7 Å². The third-order valence-electron chi connectivity index (χ3n) is 3.30. The summed E-state index contributed by atoms with van der Waals surface area (Å²) in [4.78, 5) is 22.0. The van der Waals surface area contributed by atoms with E-state index in [0.29, 0.717) is 19.6 Å². The Kier molecular flexibility index (Phi) is 12.5. The number of esters is 1. The van der Waals surface area contributed by atoms with Crippen LogP contribution in [-0.2, 0) is 29.2 Å². The van der Waals surface area contributed by atoms with E-state index in [4.69, 9.17) is 14.4 Å². The Morgan fingerprint density at radius 3 is 2.12 bits per heavy atom. The number of carbonyl (C=O) groups excluding carboxylic acids is 1. The maximum absolute atomic E-state index is 11.5. The van der Waals surface area contributed by atoms with Crippen LogP contribution in [0.1, 0.15) is 58.3 Å². The lowest BCUT2D eigenvalue weighted by atomic mass is 10.1. The molecular formula is C15H28O8S. The summed E-state index contributed by atoms with van der Waals surface area (Å²) in [7, 11) is -4.81. The second-order valence-electron chi connectivity index (χ2n) is 5.50.